The molecule has 2 aromatic rings. The van der Waals surface area contributed by atoms with E-state index in [9.17, 15) is 4.79 Å². The minimum absolute atomic E-state index is 0.131. The summed E-state index contributed by atoms with van der Waals surface area (Å²) in [5.41, 5.74) is 3.91. The first kappa shape index (κ1) is 17.5. The molecule has 1 aliphatic carbocycles. The standard InChI is InChI=1S/C22H23NO4/c1-25-15-11-18-16-5-4-6-17(16)20(23-21(18)19(12-15)26-2)13-7-9-14(10-8-13)22(24)27-3/h4-5,7-12,16-17,20,23H,6H2,1-3H3/t16-,17+,20+/m1/s1. The van der Waals surface area contributed by atoms with Crippen LogP contribution < -0.4 is 14.8 Å². The lowest BCUT2D eigenvalue weighted by atomic mass is 9.76. The predicted octanol–water partition coefficient (Wildman–Crippen LogP) is 4.32. The number of fused-ring (bicyclic) bond motifs is 3. The summed E-state index contributed by atoms with van der Waals surface area (Å²) in [7, 11) is 4.74. The lowest BCUT2D eigenvalue weighted by Crippen LogP contribution is -2.29. The first-order valence-electron chi connectivity index (χ1n) is 9.03. The highest BCUT2D eigenvalue weighted by atomic mass is 16.5. The third-order valence-electron chi connectivity index (χ3n) is 5.55. The monoisotopic (exact) mass is 365 g/mol. The summed E-state index contributed by atoms with van der Waals surface area (Å²) in [6, 6.07) is 11.8. The summed E-state index contributed by atoms with van der Waals surface area (Å²) in [6.07, 6.45) is 5.52. The fraction of sp³-hybridized carbons (Fsp3) is 0.318. The van der Waals surface area contributed by atoms with E-state index < -0.39 is 0 Å². The molecule has 2 aromatic carbocycles. The number of allylic oxidation sites excluding steroid dienone is 2. The number of esters is 1. The second-order valence-electron chi connectivity index (χ2n) is 6.88. The van der Waals surface area contributed by atoms with Gasteiger partial charge in [-0.2, -0.15) is 0 Å². The molecular formula is C22H23NO4. The zero-order valence-corrected chi connectivity index (χ0v) is 15.7. The molecule has 27 heavy (non-hydrogen) atoms. The van der Waals surface area contributed by atoms with Crippen molar-refractivity contribution in [3.05, 3.63) is 65.2 Å². The molecule has 1 N–H and O–H groups in total. The Morgan fingerprint density at radius 3 is 2.52 bits per heavy atom. The minimum Gasteiger partial charge on any atom is -0.497 e. The highest BCUT2D eigenvalue weighted by Crippen LogP contribution is 2.53. The van der Waals surface area contributed by atoms with Gasteiger partial charge in [-0.3, -0.25) is 0 Å². The van der Waals surface area contributed by atoms with Crippen LogP contribution in [0.1, 0.15) is 39.9 Å². The van der Waals surface area contributed by atoms with Gasteiger partial charge in [0.05, 0.1) is 38.6 Å². The summed E-state index contributed by atoms with van der Waals surface area (Å²) >= 11 is 0. The quantitative estimate of drug-likeness (QED) is 0.646. The van der Waals surface area contributed by atoms with E-state index in [-0.39, 0.29) is 12.0 Å². The molecule has 5 nitrogen and oxygen atoms in total. The lowest BCUT2D eigenvalue weighted by Gasteiger charge is -2.38. The van der Waals surface area contributed by atoms with Crippen molar-refractivity contribution in [3.63, 3.8) is 0 Å². The Morgan fingerprint density at radius 2 is 1.85 bits per heavy atom. The number of nitrogens with one attached hydrogen (secondary N) is 1. The molecule has 140 valence electrons. The average Bonchev–Trinajstić information content (AvgIpc) is 3.22. The van der Waals surface area contributed by atoms with Gasteiger partial charge >= 0.3 is 5.97 Å². The van der Waals surface area contributed by atoms with E-state index in [4.69, 9.17) is 14.2 Å². The Balaban J connectivity index is 1.74. The van der Waals surface area contributed by atoms with E-state index in [2.05, 4.69) is 23.5 Å². The van der Waals surface area contributed by atoms with Crippen molar-refractivity contribution in [1.29, 1.82) is 0 Å². The Morgan fingerprint density at radius 1 is 1.07 bits per heavy atom. The van der Waals surface area contributed by atoms with Crippen LogP contribution in [0.3, 0.4) is 0 Å². The first-order valence-corrected chi connectivity index (χ1v) is 9.03. The summed E-state index contributed by atoms with van der Waals surface area (Å²) in [5, 5.41) is 3.68. The summed E-state index contributed by atoms with van der Waals surface area (Å²) in [5.74, 6) is 1.96. The second kappa shape index (κ2) is 6.99. The Bertz CT molecular complexity index is 888. The number of carbonyl (C=O) groups is 1. The maximum absolute atomic E-state index is 11.7. The fourth-order valence-electron chi connectivity index (χ4n) is 4.19. The molecular weight excluding hydrogens is 342 g/mol. The van der Waals surface area contributed by atoms with E-state index in [1.165, 1.54) is 12.7 Å². The molecule has 1 heterocycles. The number of anilines is 1. The van der Waals surface area contributed by atoms with Gasteiger partial charge in [-0.05, 0) is 41.7 Å². The van der Waals surface area contributed by atoms with E-state index in [1.54, 1.807) is 14.2 Å². The lowest BCUT2D eigenvalue weighted by molar-refractivity contribution is 0.0600. The van der Waals surface area contributed by atoms with Gasteiger partial charge in [-0.15, -0.1) is 0 Å². The van der Waals surface area contributed by atoms with E-state index in [0.717, 1.165) is 29.2 Å². The maximum atomic E-state index is 11.7. The van der Waals surface area contributed by atoms with Gasteiger partial charge in [-0.25, -0.2) is 4.79 Å². The van der Waals surface area contributed by atoms with Crippen LogP contribution in [-0.4, -0.2) is 27.3 Å². The Labute approximate surface area is 158 Å². The average molecular weight is 365 g/mol. The zero-order valence-electron chi connectivity index (χ0n) is 15.7. The van der Waals surface area contributed by atoms with Crippen LogP contribution in [-0.2, 0) is 4.74 Å². The number of ether oxygens (including phenoxy) is 3. The van der Waals surface area contributed by atoms with Crippen molar-refractivity contribution < 1.29 is 19.0 Å². The summed E-state index contributed by atoms with van der Waals surface area (Å²) in [4.78, 5) is 11.7. The van der Waals surface area contributed by atoms with Gasteiger partial charge in [0, 0.05) is 12.0 Å². The van der Waals surface area contributed by atoms with Gasteiger partial charge in [0.1, 0.15) is 11.5 Å². The third-order valence-corrected chi connectivity index (χ3v) is 5.55. The molecule has 0 unspecified atom stereocenters. The molecule has 2 aliphatic rings. The van der Waals surface area contributed by atoms with Crippen LogP contribution in [0.15, 0.2) is 48.6 Å². The van der Waals surface area contributed by atoms with Crippen LogP contribution in [0.5, 0.6) is 11.5 Å². The van der Waals surface area contributed by atoms with Gasteiger partial charge in [0.25, 0.3) is 0 Å². The van der Waals surface area contributed by atoms with Crippen molar-refractivity contribution in [2.45, 2.75) is 18.4 Å². The molecule has 0 spiro atoms. The van der Waals surface area contributed by atoms with Crippen molar-refractivity contribution in [3.8, 4) is 11.5 Å². The molecule has 0 aromatic heterocycles. The maximum Gasteiger partial charge on any atom is 0.337 e. The van der Waals surface area contributed by atoms with Crippen molar-refractivity contribution in [2.24, 2.45) is 5.92 Å². The smallest absolute Gasteiger partial charge is 0.337 e. The molecule has 0 fully saturated rings. The van der Waals surface area contributed by atoms with Crippen LogP contribution in [0.4, 0.5) is 5.69 Å². The number of methoxy groups -OCH3 is 3. The summed E-state index contributed by atoms with van der Waals surface area (Å²) < 4.78 is 15.9. The van der Waals surface area contributed by atoms with E-state index in [1.807, 2.05) is 30.3 Å². The van der Waals surface area contributed by atoms with Crippen LogP contribution >= 0.6 is 0 Å². The van der Waals surface area contributed by atoms with E-state index >= 15 is 0 Å². The molecule has 0 bridgehead atoms. The highest BCUT2D eigenvalue weighted by Gasteiger charge is 2.39. The predicted molar refractivity (Wildman–Crippen MR) is 104 cm³/mol. The molecule has 3 atom stereocenters. The van der Waals surface area contributed by atoms with Crippen molar-refractivity contribution in [2.75, 3.05) is 26.6 Å². The zero-order chi connectivity index (χ0) is 19.0. The molecule has 5 heteroatoms. The third kappa shape index (κ3) is 2.93. The van der Waals surface area contributed by atoms with Gasteiger partial charge in [0.2, 0.25) is 0 Å². The Hall–Kier alpha value is -2.95. The molecule has 0 saturated heterocycles. The summed E-state index contributed by atoms with van der Waals surface area (Å²) in [6.45, 7) is 0. The molecule has 0 saturated carbocycles. The fourth-order valence-corrected chi connectivity index (χ4v) is 4.19. The van der Waals surface area contributed by atoms with Gasteiger partial charge in [0.15, 0.2) is 0 Å². The SMILES string of the molecule is COC(=O)c1ccc([C@@H]2Nc3c(OC)cc(OC)cc3[C@@H]3C=CC[C@@H]32)cc1. The molecule has 0 radical (unpaired) electrons. The van der Waals surface area contributed by atoms with Crippen molar-refractivity contribution in [1.82, 2.24) is 0 Å². The van der Waals surface area contributed by atoms with Crippen LogP contribution in [0.2, 0.25) is 0 Å². The number of rotatable bonds is 4. The Kier molecular flexibility index (Phi) is 4.52. The number of hydrogen-bond donors (Lipinski definition) is 1. The van der Waals surface area contributed by atoms with Crippen LogP contribution in [0.25, 0.3) is 0 Å². The highest BCUT2D eigenvalue weighted by molar-refractivity contribution is 5.89. The second-order valence-corrected chi connectivity index (χ2v) is 6.88. The largest absolute Gasteiger partial charge is 0.497 e. The number of hydrogen-bond acceptors (Lipinski definition) is 5. The van der Waals surface area contributed by atoms with Gasteiger partial charge in [-0.1, -0.05) is 24.3 Å². The normalized spacial score (nSPS) is 22.4. The molecule has 4 rings (SSSR count). The number of benzene rings is 2. The van der Waals surface area contributed by atoms with Crippen molar-refractivity contribution >= 4 is 11.7 Å². The van der Waals surface area contributed by atoms with Gasteiger partial charge < -0.3 is 19.5 Å². The molecule has 1 aliphatic heterocycles. The van der Waals surface area contributed by atoms with E-state index in [0.29, 0.717) is 17.4 Å². The topological polar surface area (TPSA) is 56.8 Å². The molecule has 0 amide bonds. The number of carbonyl (C=O) groups excluding carboxylic acids is 1. The van der Waals surface area contributed by atoms with Crippen LogP contribution in [0, 0.1) is 5.92 Å². The minimum atomic E-state index is -0.322. The first-order chi connectivity index (χ1) is 13.2.